The maximum absolute atomic E-state index is 5.00. The maximum Gasteiger partial charge on any atom is 0.173 e. The average Bonchev–Trinajstić information content (AvgIpc) is 2.50. The van der Waals surface area contributed by atoms with Gasteiger partial charge in [0.05, 0.1) is 6.20 Å². The summed E-state index contributed by atoms with van der Waals surface area (Å²) in [6.45, 7) is 3.90. The quantitative estimate of drug-likeness (QED) is 0.610. The largest absolute Gasteiger partial charge is 0.478 e. The number of unbranched alkanes of at least 4 members (excludes halogenated alkanes) is 2. The Balaban J connectivity index is 1.90. The molecule has 0 aliphatic carbocycles. The summed E-state index contributed by atoms with van der Waals surface area (Å²) in [5, 5.41) is 1.95. The third-order valence-electron chi connectivity index (χ3n) is 1.65. The molecule has 0 aromatic heterocycles. The molecule has 3 heteroatoms. The highest BCUT2D eigenvalue weighted by atomic mass is 16.5. The molecule has 0 unspecified atom stereocenters. The van der Waals surface area contributed by atoms with Gasteiger partial charge in [-0.05, 0) is 6.42 Å². The Morgan fingerprint density at radius 2 is 2.45 bits per heavy atom. The topological polar surface area (TPSA) is 24.5 Å². The van der Waals surface area contributed by atoms with Crippen molar-refractivity contribution >= 4 is 0 Å². The molecule has 0 saturated carbocycles. The van der Waals surface area contributed by atoms with Crippen LogP contribution < -0.4 is 5.43 Å². The van der Waals surface area contributed by atoms with Crippen molar-refractivity contribution in [2.75, 3.05) is 13.3 Å². The standard InChI is InChI=1S/C8H16N2O/c1-2-3-4-5-9-10-6-7-11-8-10/h6-7,9H,2-5,8H2,1H3. The lowest BCUT2D eigenvalue weighted by molar-refractivity contribution is 0.131. The Morgan fingerprint density at radius 3 is 3.09 bits per heavy atom. The summed E-state index contributed by atoms with van der Waals surface area (Å²) in [4.78, 5) is 0. The summed E-state index contributed by atoms with van der Waals surface area (Å²) in [5.41, 5.74) is 3.24. The number of hydrazine groups is 1. The summed E-state index contributed by atoms with van der Waals surface area (Å²) < 4.78 is 5.00. The second-order valence-corrected chi connectivity index (χ2v) is 2.67. The Morgan fingerprint density at radius 1 is 1.55 bits per heavy atom. The number of ether oxygens (including phenoxy) is 1. The Kier molecular flexibility index (Phi) is 3.83. The van der Waals surface area contributed by atoms with E-state index in [1.165, 1.54) is 19.3 Å². The SMILES string of the molecule is CCCCCNN1C=COC1. The first kappa shape index (κ1) is 8.40. The van der Waals surface area contributed by atoms with E-state index in [1.54, 1.807) is 6.26 Å². The third-order valence-corrected chi connectivity index (χ3v) is 1.65. The molecule has 1 aliphatic rings. The van der Waals surface area contributed by atoms with Crippen molar-refractivity contribution in [1.29, 1.82) is 0 Å². The van der Waals surface area contributed by atoms with Crippen molar-refractivity contribution in [2.45, 2.75) is 26.2 Å². The fourth-order valence-corrected chi connectivity index (χ4v) is 0.979. The van der Waals surface area contributed by atoms with E-state index in [-0.39, 0.29) is 0 Å². The molecule has 1 N–H and O–H groups in total. The summed E-state index contributed by atoms with van der Waals surface area (Å²) in [5.74, 6) is 0. The molecule has 1 rings (SSSR count). The molecule has 1 aliphatic heterocycles. The number of hydrogen-bond donors (Lipinski definition) is 1. The number of nitrogens with zero attached hydrogens (tertiary/aromatic N) is 1. The molecule has 0 atom stereocenters. The van der Waals surface area contributed by atoms with Gasteiger partial charge in [0.2, 0.25) is 0 Å². The average molecular weight is 156 g/mol. The maximum atomic E-state index is 5.00. The molecular formula is C8H16N2O. The van der Waals surface area contributed by atoms with Gasteiger partial charge in [0.1, 0.15) is 6.26 Å². The van der Waals surface area contributed by atoms with Crippen LogP contribution in [0.1, 0.15) is 26.2 Å². The van der Waals surface area contributed by atoms with Crippen LogP contribution in [0.4, 0.5) is 0 Å². The van der Waals surface area contributed by atoms with Crippen molar-refractivity contribution in [2.24, 2.45) is 0 Å². The van der Waals surface area contributed by atoms with Gasteiger partial charge >= 0.3 is 0 Å². The van der Waals surface area contributed by atoms with Crippen molar-refractivity contribution < 1.29 is 4.74 Å². The first-order valence-electron chi connectivity index (χ1n) is 4.22. The molecule has 3 nitrogen and oxygen atoms in total. The molecule has 0 aromatic carbocycles. The van der Waals surface area contributed by atoms with Crippen LogP contribution in [0, 0.1) is 0 Å². The van der Waals surface area contributed by atoms with E-state index in [0.717, 1.165) is 6.54 Å². The minimum absolute atomic E-state index is 0.645. The highest BCUT2D eigenvalue weighted by molar-refractivity contribution is 4.76. The van der Waals surface area contributed by atoms with Gasteiger partial charge in [-0.15, -0.1) is 0 Å². The zero-order valence-electron chi connectivity index (χ0n) is 7.05. The summed E-state index contributed by atoms with van der Waals surface area (Å²) in [7, 11) is 0. The van der Waals surface area contributed by atoms with Crippen LogP contribution in [0.2, 0.25) is 0 Å². The Bertz CT molecular complexity index is 125. The van der Waals surface area contributed by atoms with Gasteiger partial charge in [-0.25, -0.2) is 5.43 Å². The molecule has 0 saturated heterocycles. The molecule has 0 radical (unpaired) electrons. The smallest absolute Gasteiger partial charge is 0.173 e. The molecule has 0 aromatic rings. The van der Waals surface area contributed by atoms with Gasteiger partial charge in [-0.1, -0.05) is 19.8 Å². The fraction of sp³-hybridized carbons (Fsp3) is 0.750. The predicted molar refractivity (Wildman–Crippen MR) is 44.5 cm³/mol. The monoisotopic (exact) mass is 156 g/mol. The normalized spacial score (nSPS) is 15.5. The highest BCUT2D eigenvalue weighted by Gasteiger charge is 2.01. The molecular weight excluding hydrogens is 140 g/mol. The molecule has 1 heterocycles. The number of hydrogen-bond acceptors (Lipinski definition) is 3. The summed E-state index contributed by atoms with van der Waals surface area (Å²) in [6.07, 6.45) is 7.42. The van der Waals surface area contributed by atoms with E-state index >= 15 is 0 Å². The van der Waals surface area contributed by atoms with E-state index in [2.05, 4.69) is 12.3 Å². The van der Waals surface area contributed by atoms with Crippen LogP contribution in [0.15, 0.2) is 12.5 Å². The zero-order chi connectivity index (χ0) is 7.94. The molecule has 0 amide bonds. The van der Waals surface area contributed by atoms with Crippen molar-refractivity contribution in [3.05, 3.63) is 12.5 Å². The van der Waals surface area contributed by atoms with Crippen LogP contribution >= 0.6 is 0 Å². The van der Waals surface area contributed by atoms with Gasteiger partial charge in [0, 0.05) is 6.54 Å². The molecule has 0 fully saturated rings. The van der Waals surface area contributed by atoms with Gasteiger partial charge in [0.25, 0.3) is 0 Å². The fourth-order valence-electron chi connectivity index (χ4n) is 0.979. The van der Waals surface area contributed by atoms with E-state index in [1.807, 2.05) is 11.2 Å². The minimum Gasteiger partial charge on any atom is -0.478 e. The minimum atomic E-state index is 0.645. The van der Waals surface area contributed by atoms with E-state index < -0.39 is 0 Å². The molecule has 0 bridgehead atoms. The zero-order valence-corrected chi connectivity index (χ0v) is 7.05. The van der Waals surface area contributed by atoms with Gasteiger partial charge < -0.3 is 4.74 Å². The van der Waals surface area contributed by atoms with Crippen LogP contribution in [-0.2, 0) is 4.74 Å². The Labute approximate surface area is 68.0 Å². The van der Waals surface area contributed by atoms with Gasteiger partial charge in [-0.2, -0.15) is 0 Å². The van der Waals surface area contributed by atoms with Crippen molar-refractivity contribution in [1.82, 2.24) is 10.4 Å². The van der Waals surface area contributed by atoms with Crippen molar-refractivity contribution in [3.8, 4) is 0 Å². The van der Waals surface area contributed by atoms with Crippen molar-refractivity contribution in [3.63, 3.8) is 0 Å². The Hall–Kier alpha value is -0.700. The molecule has 64 valence electrons. The number of nitrogens with one attached hydrogen (secondary N) is 1. The molecule has 11 heavy (non-hydrogen) atoms. The van der Waals surface area contributed by atoms with E-state index in [4.69, 9.17) is 4.74 Å². The summed E-state index contributed by atoms with van der Waals surface area (Å²) in [6, 6.07) is 0. The van der Waals surface area contributed by atoms with Gasteiger partial charge in [-0.3, -0.25) is 5.01 Å². The van der Waals surface area contributed by atoms with E-state index in [0.29, 0.717) is 6.73 Å². The number of rotatable bonds is 5. The summed E-state index contributed by atoms with van der Waals surface area (Å²) >= 11 is 0. The predicted octanol–water partition coefficient (Wildman–Crippen LogP) is 1.44. The van der Waals surface area contributed by atoms with Crippen LogP contribution in [-0.4, -0.2) is 18.3 Å². The van der Waals surface area contributed by atoms with Crippen LogP contribution in [0.25, 0.3) is 0 Å². The highest BCUT2D eigenvalue weighted by Crippen LogP contribution is 1.97. The van der Waals surface area contributed by atoms with E-state index in [9.17, 15) is 0 Å². The molecule has 0 spiro atoms. The van der Waals surface area contributed by atoms with Crippen LogP contribution in [0.5, 0.6) is 0 Å². The van der Waals surface area contributed by atoms with Crippen LogP contribution in [0.3, 0.4) is 0 Å². The second kappa shape index (κ2) is 5.02. The first-order valence-corrected chi connectivity index (χ1v) is 4.22. The third kappa shape index (κ3) is 3.28. The lowest BCUT2D eigenvalue weighted by atomic mass is 10.2. The lowest BCUT2D eigenvalue weighted by Gasteiger charge is -2.14. The second-order valence-electron chi connectivity index (χ2n) is 2.67. The van der Waals surface area contributed by atoms with Gasteiger partial charge in [0.15, 0.2) is 6.73 Å². The lowest BCUT2D eigenvalue weighted by Crippen LogP contribution is -2.32. The first-order chi connectivity index (χ1) is 5.43.